The van der Waals surface area contributed by atoms with Gasteiger partial charge in [-0.25, -0.2) is 0 Å². The molecule has 0 unspecified atom stereocenters. The molecule has 1 aromatic heterocycles. The SMILES string of the molecule is COc1cccc(OCC2CCN(Cc3ncc[nH]c3=O)CC2)c1. The number of hydrogen-bond acceptors (Lipinski definition) is 5. The van der Waals surface area contributed by atoms with Crippen molar-refractivity contribution in [2.45, 2.75) is 19.4 Å². The zero-order valence-corrected chi connectivity index (χ0v) is 13.9. The van der Waals surface area contributed by atoms with Gasteiger partial charge in [-0.15, -0.1) is 0 Å². The summed E-state index contributed by atoms with van der Waals surface area (Å²) in [6.07, 6.45) is 5.32. The van der Waals surface area contributed by atoms with Gasteiger partial charge in [-0.05, 0) is 44.0 Å². The minimum absolute atomic E-state index is 0.0963. The van der Waals surface area contributed by atoms with E-state index in [1.165, 1.54) is 0 Å². The average molecular weight is 329 g/mol. The predicted molar refractivity (Wildman–Crippen MR) is 91.3 cm³/mol. The number of nitrogens with zero attached hydrogens (tertiary/aromatic N) is 2. The molecule has 0 saturated carbocycles. The number of benzene rings is 1. The Hall–Kier alpha value is -2.34. The molecule has 0 aliphatic carbocycles. The molecule has 0 spiro atoms. The number of rotatable bonds is 6. The molecule has 1 saturated heterocycles. The third-order valence-electron chi connectivity index (χ3n) is 4.39. The molecule has 0 atom stereocenters. The highest BCUT2D eigenvalue weighted by Gasteiger charge is 2.20. The largest absolute Gasteiger partial charge is 0.497 e. The van der Waals surface area contributed by atoms with Crippen LogP contribution < -0.4 is 15.0 Å². The molecule has 2 aromatic rings. The van der Waals surface area contributed by atoms with Crippen molar-refractivity contribution in [3.05, 3.63) is 52.7 Å². The molecule has 0 amide bonds. The first-order valence-electron chi connectivity index (χ1n) is 8.26. The van der Waals surface area contributed by atoms with Gasteiger partial charge in [-0.1, -0.05) is 6.07 Å². The first-order chi connectivity index (χ1) is 11.7. The van der Waals surface area contributed by atoms with Crippen molar-refractivity contribution in [1.82, 2.24) is 14.9 Å². The van der Waals surface area contributed by atoms with Gasteiger partial charge in [0, 0.05) is 25.0 Å². The zero-order chi connectivity index (χ0) is 16.8. The number of likely N-dealkylation sites (tertiary alicyclic amines) is 1. The molecule has 128 valence electrons. The van der Waals surface area contributed by atoms with Crippen LogP contribution in [0.3, 0.4) is 0 Å². The standard InChI is InChI=1S/C18H23N3O3/c1-23-15-3-2-4-16(11-15)24-13-14-5-9-21(10-6-14)12-17-18(22)20-8-7-19-17/h2-4,7-8,11,14H,5-6,9-10,12-13H2,1H3,(H,20,22). The van der Waals surface area contributed by atoms with Gasteiger partial charge in [0.05, 0.1) is 13.7 Å². The second-order valence-electron chi connectivity index (χ2n) is 6.07. The van der Waals surface area contributed by atoms with Crippen molar-refractivity contribution < 1.29 is 9.47 Å². The van der Waals surface area contributed by atoms with Gasteiger partial charge in [-0.2, -0.15) is 0 Å². The minimum atomic E-state index is -0.0963. The van der Waals surface area contributed by atoms with E-state index in [2.05, 4.69) is 14.9 Å². The number of piperidine rings is 1. The fourth-order valence-corrected chi connectivity index (χ4v) is 2.92. The molecule has 24 heavy (non-hydrogen) atoms. The Kier molecular flexibility index (Phi) is 5.48. The highest BCUT2D eigenvalue weighted by molar-refractivity contribution is 5.32. The maximum absolute atomic E-state index is 11.7. The van der Waals surface area contributed by atoms with Gasteiger partial charge in [0.2, 0.25) is 0 Å². The molecule has 1 N–H and O–H groups in total. The number of hydrogen-bond donors (Lipinski definition) is 1. The number of nitrogens with one attached hydrogen (secondary N) is 1. The van der Waals surface area contributed by atoms with Crippen molar-refractivity contribution >= 4 is 0 Å². The second-order valence-corrected chi connectivity index (χ2v) is 6.07. The van der Waals surface area contributed by atoms with E-state index in [0.29, 0.717) is 24.8 Å². The van der Waals surface area contributed by atoms with Gasteiger partial charge >= 0.3 is 0 Å². The van der Waals surface area contributed by atoms with E-state index in [9.17, 15) is 4.79 Å². The summed E-state index contributed by atoms with van der Waals surface area (Å²) < 4.78 is 11.1. The average Bonchev–Trinajstić information content (AvgIpc) is 2.63. The topological polar surface area (TPSA) is 67.5 Å². The Morgan fingerprint density at radius 1 is 1.29 bits per heavy atom. The highest BCUT2D eigenvalue weighted by atomic mass is 16.5. The third kappa shape index (κ3) is 4.35. The van der Waals surface area contributed by atoms with Gasteiger partial charge in [0.1, 0.15) is 17.2 Å². The maximum Gasteiger partial charge on any atom is 0.270 e. The van der Waals surface area contributed by atoms with Crippen LogP contribution in [0.1, 0.15) is 18.5 Å². The summed E-state index contributed by atoms with van der Waals surface area (Å²) in [5.74, 6) is 2.19. The number of aromatic nitrogens is 2. The van der Waals surface area contributed by atoms with Gasteiger partial charge in [0.15, 0.2) is 0 Å². The molecule has 1 aliphatic rings. The van der Waals surface area contributed by atoms with E-state index >= 15 is 0 Å². The van der Waals surface area contributed by atoms with E-state index in [1.54, 1.807) is 19.5 Å². The van der Waals surface area contributed by atoms with Crippen LogP contribution in [0.15, 0.2) is 41.5 Å². The van der Waals surface area contributed by atoms with Crippen LogP contribution in [0.4, 0.5) is 0 Å². The van der Waals surface area contributed by atoms with Crippen molar-refractivity contribution in [2.24, 2.45) is 5.92 Å². The molecule has 1 aromatic carbocycles. The Morgan fingerprint density at radius 3 is 2.83 bits per heavy atom. The van der Waals surface area contributed by atoms with Crippen molar-refractivity contribution in [3.8, 4) is 11.5 Å². The van der Waals surface area contributed by atoms with Crippen LogP contribution >= 0.6 is 0 Å². The summed E-state index contributed by atoms with van der Waals surface area (Å²) in [5.41, 5.74) is 0.490. The molecule has 1 aliphatic heterocycles. The lowest BCUT2D eigenvalue weighted by Crippen LogP contribution is -2.36. The summed E-state index contributed by atoms with van der Waals surface area (Å²) in [6, 6.07) is 7.69. The highest BCUT2D eigenvalue weighted by Crippen LogP contribution is 2.22. The van der Waals surface area contributed by atoms with E-state index in [1.807, 2.05) is 24.3 Å². The zero-order valence-electron chi connectivity index (χ0n) is 13.9. The molecule has 0 bridgehead atoms. The fraction of sp³-hybridized carbons (Fsp3) is 0.444. The molecule has 1 fully saturated rings. The first kappa shape index (κ1) is 16.5. The van der Waals surface area contributed by atoms with Crippen LogP contribution in [-0.2, 0) is 6.54 Å². The number of H-pyrrole nitrogens is 1. The fourth-order valence-electron chi connectivity index (χ4n) is 2.92. The third-order valence-corrected chi connectivity index (χ3v) is 4.39. The van der Waals surface area contributed by atoms with Crippen LogP contribution in [0.25, 0.3) is 0 Å². The Morgan fingerprint density at radius 2 is 2.08 bits per heavy atom. The monoisotopic (exact) mass is 329 g/mol. The minimum Gasteiger partial charge on any atom is -0.497 e. The maximum atomic E-state index is 11.7. The molecule has 0 radical (unpaired) electrons. The molecular formula is C18H23N3O3. The smallest absolute Gasteiger partial charge is 0.270 e. The lowest BCUT2D eigenvalue weighted by Gasteiger charge is -2.31. The lowest BCUT2D eigenvalue weighted by atomic mass is 9.97. The van der Waals surface area contributed by atoms with E-state index in [0.717, 1.165) is 37.4 Å². The Balaban J connectivity index is 1.45. The lowest BCUT2D eigenvalue weighted by molar-refractivity contribution is 0.135. The van der Waals surface area contributed by atoms with Gasteiger partial charge < -0.3 is 14.5 Å². The predicted octanol–water partition coefficient (Wildman–Crippen LogP) is 2.07. The van der Waals surface area contributed by atoms with E-state index < -0.39 is 0 Å². The molecule has 3 rings (SSSR count). The van der Waals surface area contributed by atoms with Crippen LogP contribution in [0, 0.1) is 5.92 Å². The molecule has 2 heterocycles. The quantitative estimate of drug-likeness (QED) is 0.879. The normalized spacial score (nSPS) is 16.0. The summed E-state index contributed by atoms with van der Waals surface area (Å²) >= 11 is 0. The van der Waals surface area contributed by atoms with Crippen LogP contribution in [0.2, 0.25) is 0 Å². The van der Waals surface area contributed by atoms with Crippen molar-refractivity contribution in [1.29, 1.82) is 0 Å². The summed E-state index contributed by atoms with van der Waals surface area (Å²) in [4.78, 5) is 20.8. The van der Waals surface area contributed by atoms with E-state index in [4.69, 9.17) is 9.47 Å². The Bertz CT molecular complexity index is 708. The van der Waals surface area contributed by atoms with Gasteiger partial charge in [0.25, 0.3) is 5.56 Å². The summed E-state index contributed by atoms with van der Waals surface area (Å²) in [6.45, 7) is 3.25. The van der Waals surface area contributed by atoms with E-state index in [-0.39, 0.29) is 5.56 Å². The Labute approximate surface area is 141 Å². The van der Waals surface area contributed by atoms with Gasteiger partial charge in [-0.3, -0.25) is 14.7 Å². The summed E-state index contributed by atoms with van der Waals surface area (Å²) in [5, 5.41) is 0. The molecule has 6 heteroatoms. The summed E-state index contributed by atoms with van der Waals surface area (Å²) in [7, 11) is 1.65. The molecule has 6 nitrogen and oxygen atoms in total. The second kappa shape index (κ2) is 7.97. The number of ether oxygens (including phenoxy) is 2. The van der Waals surface area contributed by atoms with Crippen molar-refractivity contribution in [2.75, 3.05) is 26.8 Å². The van der Waals surface area contributed by atoms with Crippen molar-refractivity contribution in [3.63, 3.8) is 0 Å². The molecular weight excluding hydrogens is 306 g/mol. The number of methoxy groups -OCH3 is 1. The first-order valence-corrected chi connectivity index (χ1v) is 8.26. The van der Waals surface area contributed by atoms with Crippen LogP contribution in [0.5, 0.6) is 11.5 Å². The van der Waals surface area contributed by atoms with Crippen LogP contribution in [-0.4, -0.2) is 41.7 Å². The number of aromatic amines is 1.